The molecule has 1 aliphatic carbocycles. The van der Waals surface area contributed by atoms with E-state index in [0.29, 0.717) is 33.7 Å². The number of halogens is 2. The van der Waals surface area contributed by atoms with Crippen molar-refractivity contribution < 1.29 is 19.1 Å². The summed E-state index contributed by atoms with van der Waals surface area (Å²) in [4.78, 5) is 32.2. The fraction of sp³-hybridized carbons (Fsp3) is 0.333. The molecule has 0 bridgehead atoms. The number of methoxy groups -OCH3 is 2. The molecule has 1 aliphatic heterocycles. The van der Waals surface area contributed by atoms with Gasteiger partial charge in [-0.3, -0.25) is 9.59 Å². The number of rotatable bonds is 7. The second-order valence-corrected chi connectivity index (χ2v) is 10.8. The van der Waals surface area contributed by atoms with Gasteiger partial charge in [-0.05, 0) is 66.1 Å². The molecule has 188 valence electrons. The smallest absolute Gasteiger partial charge is 0.258 e. The van der Waals surface area contributed by atoms with Gasteiger partial charge in [-0.25, -0.2) is 0 Å². The summed E-state index contributed by atoms with van der Waals surface area (Å²) in [6.07, 6.45) is 2.52. The molecule has 36 heavy (non-hydrogen) atoms. The van der Waals surface area contributed by atoms with E-state index in [2.05, 4.69) is 6.07 Å². The van der Waals surface area contributed by atoms with Gasteiger partial charge in [-0.15, -0.1) is 11.3 Å². The molecule has 5 rings (SSSR count). The molecule has 0 saturated heterocycles. The molecule has 6 nitrogen and oxygen atoms in total. The van der Waals surface area contributed by atoms with Crippen LogP contribution >= 0.6 is 34.5 Å². The minimum absolute atomic E-state index is 0.0140. The number of thiophene rings is 1. The summed E-state index contributed by atoms with van der Waals surface area (Å²) in [6, 6.07) is 12.2. The summed E-state index contributed by atoms with van der Waals surface area (Å²) in [6.45, 7) is 0.536. The van der Waals surface area contributed by atoms with Crippen LogP contribution in [0.15, 0.2) is 47.8 Å². The average molecular weight is 545 g/mol. The highest BCUT2D eigenvalue weighted by atomic mass is 35.5. The standard InChI is InChI=1S/C27H26Cl2N2O4S/c1-34-18-6-8-20(23(14-18)35-2)27(33)31(17-4-5-17)15-25(32)30-11-9-24-21(10-12-36-24)26(30)19-7-3-16(28)13-22(19)29/h3,6-8,10,12-14,17,26H,4-5,9,11,15H2,1-2H3. The van der Waals surface area contributed by atoms with Crippen molar-refractivity contribution in [3.8, 4) is 11.5 Å². The lowest BCUT2D eigenvalue weighted by Gasteiger charge is -2.38. The maximum atomic E-state index is 13.8. The molecule has 9 heteroatoms. The van der Waals surface area contributed by atoms with Crippen molar-refractivity contribution in [2.24, 2.45) is 0 Å². The molecular formula is C27H26Cl2N2O4S. The Morgan fingerprint density at radius 1 is 1.06 bits per heavy atom. The van der Waals surface area contributed by atoms with Gasteiger partial charge in [0.15, 0.2) is 0 Å². The molecule has 0 radical (unpaired) electrons. The summed E-state index contributed by atoms with van der Waals surface area (Å²) in [5.41, 5.74) is 2.31. The quantitative estimate of drug-likeness (QED) is 0.374. The summed E-state index contributed by atoms with van der Waals surface area (Å²) in [5.74, 6) is 0.680. The number of amides is 2. The molecule has 2 heterocycles. The fourth-order valence-corrected chi connectivity index (χ4v) is 6.18. The first kappa shape index (κ1) is 24.9. The highest BCUT2D eigenvalue weighted by molar-refractivity contribution is 7.10. The zero-order valence-electron chi connectivity index (χ0n) is 20.0. The van der Waals surface area contributed by atoms with Gasteiger partial charge in [0.25, 0.3) is 5.91 Å². The lowest BCUT2D eigenvalue weighted by molar-refractivity contribution is -0.134. The molecule has 2 aromatic carbocycles. The molecule has 2 aliphatic rings. The van der Waals surface area contributed by atoms with E-state index >= 15 is 0 Å². The van der Waals surface area contributed by atoms with E-state index in [1.54, 1.807) is 53.7 Å². The molecular weight excluding hydrogens is 519 g/mol. The van der Waals surface area contributed by atoms with E-state index < -0.39 is 0 Å². The van der Waals surface area contributed by atoms with Crippen molar-refractivity contribution in [3.05, 3.63) is 79.5 Å². The Labute approximate surface area is 224 Å². The second kappa shape index (κ2) is 10.3. The first-order valence-corrected chi connectivity index (χ1v) is 13.4. The van der Waals surface area contributed by atoms with Gasteiger partial charge in [0, 0.05) is 33.6 Å². The molecule has 1 atom stereocenters. The highest BCUT2D eigenvalue weighted by Crippen LogP contribution is 2.41. The minimum Gasteiger partial charge on any atom is -0.497 e. The van der Waals surface area contributed by atoms with Crippen molar-refractivity contribution in [2.45, 2.75) is 31.3 Å². The van der Waals surface area contributed by atoms with E-state index in [1.807, 2.05) is 16.3 Å². The summed E-state index contributed by atoms with van der Waals surface area (Å²) in [5, 5.41) is 3.11. The molecule has 1 saturated carbocycles. The molecule has 0 N–H and O–H groups in total. The van der Waals surface area contributed by atoms with Crippen molar-refractivity contribution >= 4 is 46.4 Å². The molecule has 1 unspecified atom stereocenters. The third kappa shape index (κ3) is 4.80. The van der Waals surface area contributed by atoms with Gasteiger partial charge in [-0.2, -0.15) is 0 Å². The fourth-order valence-electron chi connectivity index (χ4n) is 4.76. The number of hydrogen-bond acceptors (Lipinski definition) is 5. The number of benzene rings is 2. The van der Waals surface area contributed by atoms with Gasteiger partial charge >= 0.3 is 0 Å². The zero-order valence-corrected chi connectivity index (χ0v) is 22.3. The van der Waals surface area contributed by atoms with E-state index in [0.717, 1.165) is 30.4 Å². The predicted octanol–water partition coefficient (Wildman–Crippen LogP) is 5.85. The monoisotopic (exact) mass is 544 g/mol. The van der Waals surface area contributed by atoms with Crippen molar-refractivity contribution in [1.82, 2.24) is 9.80 Å². The lowest BCUT2D eigenvalue weighted by atomic mass is 9.93. The van der Waals surface area contributed by atoms with Gasteiger partial charge < -0.3 is 19.3 Å². The Hall–Kier alpha value is -2.74. The van der Waals surface area contributed by atoms with Gasteiger partial charge in [0.2, 0.25) is 5.91 Å². The van der Waals surface area contributed by atoms with Crippen molar-refractivity contribution in [1.29, 1.82) is 0 Å². The summed E-state index contributed by atoms with van der Waals surface area (Å²) < 4.78 is 10.7. The van der Waals surface area contributed by atoms with Crippen LogP contribution in [0.4, 0.5) is 0 Å². The van der Waals surface area contributed by atoms with Crippen LogP contribution in [-0.2, 0) is 11.2 Å². The topological polar surface area (TPSA) is 59.1 Å². The average Bonchev–Trinajstić information content (AvgIpc) is 3.61. The maximum absolute atomic E-state index is 13.8. The Kier molecular flexibility index (Phi) is 7.15. The third-order valence-electron chi connectivity index (χ3n) is 6.74. The number of nitrogens with zero attached hydrogens (tertiary/aromatic N) is 2. The van der Waals surface area contributed by atoms with Gasteiger partial charge in [-0.1, -0.05) is 29.3 Å². The van der Waals surface area contributed by atoms with E-state index in [4.69, 9.17) is 32.7 Å². The van der Waals surface area contributed by atoms with Crippen LogP contribution < -0.4 is 9.47 Å². The number of hydrogen-bond donors (Lipinski definition) is 0. The second-order valence-electron chi connectivity index (χ2n) is 8.94. The van der Waals surface area contributed by atoms with Crippen LogP contribution in [-0.4, -0.2) is 55.0 Å². The molecule has 3 aromatic rings. The highest BCUT2D eigenvalue weighted by Gasteiger charge is 2.39. The Morgan fingerprint density at radius 3 is 2.56 bits per heavy atom. The lowest BCUT2D eigenvalue weighted by Crippen LogP contribution is -2.47. The maximum Gasteiger partial charge on any atom is 0.258 e. The molecule has 1 fully saturated rings. The van der Waals surface area contributed by atoms with Crippen LogP contribution in [0.1, 0.15) is 45.2 Å². The van der Waals surface area contributed by atoms with Gasteiger partial charge in [0.05, 0.1) is 25.8 Å². The Morgan fingerprint density at radius 2 is 1.86 bits per heavy atom. The van der Waals surface area contributed by atoms with E-state index in [9.17, 15) is 9.59 Å². The third-order valence-corrected chi connectivity index (χ3v) is 8.30. The minimum atomic E-state index is -0.330. The van der Waals surface area contributed by atoms with E-state index in [1.165, 1.54) is 12.0 Å². The normalized spacial score (nSPS) is 16.9. The SMILES string of the molecule is COc1ccc(C(=O)N(CC(=O)N2CCc3sccc3C2c2ccc(Cl)cc2Cl)C2CC2)c(OC)c1. The van der Waals surface area contributed by atoms with Crippen LogP contribution in [0.2, 0.25) is 10.0 Å². The molecule has 0 spiro atoms. The summed E-state index contributed by atoms with van der Waals surface area (Å²) in [7, 11) is 3.08. The first-order chi connectivity index (χ1) is 17.4. The van der Waals surface area contributed by atoms with Crippen LogP contribution in [0.5, 0.6) is 11.5 Å². The zero-order chi connectivity index (χ0) is 25.4. The van der Waals surface area contributed by atoms with Crippen LogP contribution in [0.25, 0.3) is 0 Å². The largest absolute Gasteiger partial charge is 0.497 e. The first-order valence-electron chi connectivity index (χ1n) is 11.7. The number of ether oxygens (including phenoxy) is 2. The predicted molar refractivity (Wildman–Crippen MR) is 142 cm³/mol. The number of carbonyl (C=O) groups excluding carboxylic acids is 2. The van der Waals surface area contributed by atoms with Crippen LogP contribution in [0, 0.1) is 0 Å². The molecule has 2 amide bonds. The van der Waals surface area contributed by atoms with Crippen molar-refractivity contribution in [3.63, 3.8) is 0 Å². The van der Waals surface area contributed by atoms with Crippen LogP contribution in [0.3, 0.4) is 0 Å². The summed E-state index contributed by atoms with van der Waals surface area (Å²) >= 11 is 14.5. The Balaban J connectivity index is 1.45. The Bertz CT molecular complexity index is 1310. The molecule has 1 aromatic heterocycles. The number of carbonyl (C=O) groups is 2. The van der Waals surface area contributed by atoms with Gasteiger partial charge in [0.1, 0.15) is 18.0 Å². The van der Waals surface area contributed by atoms with E-state index in [-0.39, 0.29) is 30.4 Å². The number of fused-ring (bicyclic) bond motifs is 1. The van der Waals surface area contributed by atoms with Crippen molar-refractivity contribution in [2.75, 3.05) is 27.3 Å².